The van der Waals surface area contributed by atoms with E-state index in [1.807, 2.05) is 0 Å². The molecule has 2 nitrogen and oxygen atoms in total. The highest BCUT2D eigenvalue weighted by atomic mass is 35.7. The maximum absolute atomic E-state index is 9.83. The maximum atomic E-state index is 9.83. The second-order valence-corrected chi connectivity index (χ2v) is 2.49. The van der Waals surface area contributed by atoms with Gasteiger partial charge in [0.25, 0.3) is 0 Å². The summed E-state index contributed by atoms with van der Waals surface area (Å²) in [7, 11) is 5.89. The molecule has 0 aliphatic heterocycles. The van der Waals surface area contributed by atoms with Crippen molar-refractivity contribution in [3.63, 3.8) is 0 Å². The van der Waals surface area contributed by atoms with Gasteiger partial charge in [0.2, 0.25) is 0 Å². The molecule has 0 aromatic carbocycles. The topological polar surface area (TPSA) is 37.3 Å². The van der Waals surface area contributed by atoms with E-state index >= 15 is 0 Å². The zero-order valence-corrected chi connectivity index (χ0v) is 5.29. The lowest BCUT2D eigenvalue weighted by Crippen LogP contribution is -2.08. The summed E-state index contributed by atoms with van der Waals surface area (Å²) in [6.45, 7) is 1.53. The second-order valence-electron chi connectivity index (χ2n) is 1.07. The van der Waals surface area contributed by atoms with Gasteiger partial charge in [-0.1, -0.05) is 0 Å². The highest BCUT2D eigenvalue weighted by Crippen LogP contribution is 2.13. The first-order valence-electron chi connectivity index (χ1n) is 1.68. The molecule has 0 heterocycles. The molecular formula is C3H5ClO2S. The highest BCUT2D eigenvalue weighted by molar-refractivity contribution is 8.22. The van der Waals surface area contributed by atoms with Gasteiger partial charge < -0.3 is 5.11 Å². The van der Waals surface area contributed by atoms with E-state index in [1.165, 1.54) is 6.92 Å². The molecule has 1 unspecified atom stereocenters. The number of rotatable bonds is 2. The Morgan fingerprint density at radius 3 is 2.43 bits per heavy atom. The summed E-state index contributed by atoms with van der Waals surface area (Å²) < 4.78 is 0. The fraction of sp³-hybridized carbons (Fsp3) is 0.667. The van der Waals surface area contributed by atoms with Crippen LogP contribution in [0.1, 0.15) is 6.92 Å². The average molecular weight is 141 g/mol. The molecule has 0 aliphatic rings. The molecule has 0 aromatic rings. The molecule has 0 rings (SSSR count). The van der Waals surface area contributed by atoms with Crippen LogP contribution in [-0.2, 0) is 4.79 Å². The first kappa shape index (κ1) is 7.11. The summed E-state index contributed by atoms with van der Waals surface area (Å²) in [4.78, 5) is 9.83. The lowest BCUT2D eigenvalue weighted by Gasteiger charge is -1.93. The molecule has 0 saturated heterocycles. The third kappa shape index (κ3) is 2.76. The molecule has 0 aromatic heterocycles. The Kier molecular flexibility index (Phi) is 3.21. The van der Waals surface area contributed by atoms with Crippen LogP contribution in [0.5, 0.6) is 0 Å². The number of aliphatic carboxylic acids is 1. The van der Waals surface area contributed by atoms with Gasteiger partial charge in [-0.3, -0.25) is 4.79 Å². The Morgan fingerprint density at radius 1 is 2.00 bits per heavy atom. The third-order valence-electron chi connectivity index (χ3n) is 0.481. The summed E-state index contributed by atoms with van der Waals surface area (Å²) in [5, 5.41) is 7.58. The predicted octanol–water partition coefficient (Wildman–Crippen LogP) is 1.35. The fourth-order valence-electron chi connectivity index (χ4n) is 0.0381. The Hall–Kier alpha value is 0.110. The highest BCUT2D eigenvalue weighted by Gasteiger charge is 2.07. The van der Waals surface area contributed by atoms with Gasteiger partial charge in [-0.2, -0.15) is 0 Å². The van der Waals surface area contributed by atoms with Crippen LogP contribution in [0.3, 0.4) is 0 Å². The summed E-state index contributed by atoms with van der Waals surface area (Å²) in [6, 6.07) is 0. The number of carboxylic acid groups (broad SMARTS) is 1. The summed E-state index contributed by atoms with van der Waals surface area (Å²) in [5.41, 5.74) is 0. The van der Waals surface area contributed by atoms with Gasteiger partial charge >= 0.3 is 5.97 Å². The van der Waals surface area contributed by atoms with E-state index in [2.05, 4.69) is 0 Å². The molecule has 0 aliphatic carbocycles. The van der Waals surface area contributed by atoms with Crippen molar-refractivity contribution in [1.29, 1.82) is 0 Å². The summed E-state index contributed by atoms with van der Waals surface area (Å²) >= 11 is 0. The van der Waals surface area contributed by atoms with E-state index in [1.54, 1.807) is 0 Å². The molecule has 1 atom stereocenters. The Morgan fingerprint density at radius 2 is 2.43 bits per heavy atom. The van der Waals surface area contributed by atoms with Crippen molar-refractivity contribution in [2.45, 2.75) is 12.2 Å². The smallest absolute Gasteiger partial charge is 0.317 e. The van der Waals surface area contributed by atoms with Crippen molar-refractivity contribution in [2.24, 2.45) is 0 Å². The standard InChI is InChI=1S/C3H5ClO2S/c1-2(7-4)3(5)6/h2H,1H3,(H,5,6). The van der Waals surface area contributed by atoms with Crippen LogP contribution < -0.4 is 0 Å². The molecule has 4 heteroatoms. The maximum Gasteiger partial charge on any atom is 0.317 e. The number of hydrogen-bond acceptors (Lipinski definition) is 2. The summed E-state index contributed by atoms with van der Waals surface area (Å²) in [6.07, 6.45) is 0. The van der Waals surface area contributed by atoms with Crippen LogP contribution >= 0.6 is 21.7 Å². The second kappa shape index (κ2) is 3.16. The van der Waals surface area contributed by atoms with Crippen molar-refractivity contribution < 1.29 is 9.90 Å². The van der Waals surface area contributed by atoms with Gasteiger partial charge in [-0.25, -0.2) is 0 Å². The molecule has 0 radical (unpaired) electrons. The molecule has 0 saturated carbocycles. The lowest BCUT2D eigenvalue weighted by atomic mass is 10.5. The molecule has 0 bridgehead atoms. The normalized spacial score (nSPS) is 13.4. The fourth-order valence-corrected chi connectivity index (χ4v) is 0.343. The molecular weight excluding hydrogens is 136 g/mol. The van der Waals surface area contributed by atoms with Crippen LogP contribution in [0.2, 0.25) is 0 Å². The van der Waals surface area contributed by atoms with Gasteiger partial charge in [0.05, 0.1) is 0 Å². The first-order valence-corrected chi connectivity index (χ1v) is 3.39. The van der Waals surface area contributed by atoms with Crippen molar-refractivity contribution in [2.75, 3.05) is 0 Å². The Bertz CT molecular complexity index is 75.3. The SMILES string of the molecule is CC(SCl)C(=O)O. The van der Waals surface area contributed by atoms with Crippen molar-refractivity contribution in [1.82, 2.24) is 0 Å². The Balaban J connectivity index is 3.34. The minimum Gasteiger partial charge on any atom is -0.480 e. The Labute approximate surface area is 50.4 Å². The van der Waals surface area contributed by atoms with E-state index in [-0.39, 0.29) is 0 Å². The zero-order chi connectivity index (χ0) is 5.86. The van der Waals surface area contributed by atoms with Crippen molar-refractivity contribution >= 4 is 27.6 Å². The largest absolute Gasteiger partial charge is 0.480 e. The number of halogens is 1. The molecule has 7 heavy (non-hydrogen) atoms. The molecule has 1 N–H and O–H groups in total. The van der Waals surface area contributed by atoms with Crippen LogP contribution in [-0.4, -0.2) is 16.3 Å². The lowest BCUT2D eigenvalue weighted by molar-refractivity contribution is -0.136. The van der Waals surface area contributed by atoms with Gasteiger partial charge in [-0.05, 0) is 28.6 Å². The van der Waals surface area contributed by atoms with Crippen LogP contribution in [0.15, 0.2) is 0 Å². The molecule has 42 valence electrons. The van der Waals surface area contributed by atoms with Crippen LogP contribution in [0.25, 0.3) is 0 Å². The van der Waals surface area contributed by atoms with E-state index in [9.17, 15) is 4.79 Å². The zero-order valence-electron chi connectivity index (χ0n) is 3.72. The minimum atomic E-state index is -0.875. The number of carbonyl (C=O) groups is 1. The van der Waals surface area contributed by atoms with Gasteiger partial charge in [0, 0.05) is 0 Å². The van der Waals surface area contributed by atoms with Crippen molar-refractivity contribution in [3.05, 3.63) is 0 Å². The average Bonchev–Trinajstić information content (AvgIpc) is 1.65. The van der Waals surface area contributed by atoms with Crippen LogP contribution in [0, 0.1) is 0 Å². The monoisotopic (exact) mass is 140 g/mol. The molecule has 0 fully saturated rings. The van der Waals surface area contributed by atoms with E-state index < -0.39 is 11.2 Å². The van der Waals surface area contributed by atoms with Gasteiger partial charge in [0.1, 0.15) is 5.25 Å². The van der Waals surface area contributed by atoms with Gasteiger partial charge in [-0.15, -0.1) is 0 Å². The number of hydrogen-bond donors (Lipinski definition) is 1. The summed E-state index contributed by atoms with van der Waals surface area (Å²) in [5.74, 6) is -0.875. The quantitative estimate of drug-likeness (QED) is 0.629. The van der Waals surface area contributed by atoms with Crippen LogP contribution in [0.4, 0.5) is 0 Å². The molecule has 0 amide bonds. The number of carboxylic acids is 1. The predicted molar refractivity (Wildman–Crippen MR) is 30.5 cm³/mol. The van der Waals surface area contributed by atoms with E-state index in [0.29, 0.717) is 0 Å². The van der Waals surface area contributed by atoms with E-state index in [4.69, 9.17) is 15.8 Å². The van der Waals surface area contributed by atoms with Gasteiger partial charge in [0.15, 0.2) is 0 Å². The van der Waals surface area contributed by atoms with E-state index in [0.717, 1.165) is 11.0 Å². The van der Waals surface area contributed by atoms with Crippen molar-refractivity contribution in [3.8, 4) is 0 Å². The first-order chi connectivity index (χ1) is 3.18. The minimum absolute atomic E-state index is 0.498. The third-order valence-corrected chi connectivity index (χ3v) is 1.75. The molecule has 0 spiro atoms.